The summed E-state index contributed by atoms with van der Waals surface area (Å²) in [5, 5.41) is 9.29. The SMILES string of the molecule is CCCn1c(SCC(=O)Nc2cccc(F)c2)n[nH]c1=O. The molecule has 1 aromatic carbocycles. The zero-order valence-corrected chi connectivity index (χ0v) is 12.2. The third-order valence-electron chi connectivity index (χ3n) is 2.61. The zero-order chi connectivity index (χ0) is 15.2. The number of nitrogens with one attached hydrogen (secondary N) is 2. The number of hydrogen-bond donors (Lipinski definition) is 2. The molecule has 0 spiro atoms. The summed E-state index contributed by atoms with van der Waals surface area (Å²) in [6.07, 6.45) is 0.794. The Morgan fingerprint density at radius 2 is 2.33 bits per heavy atom. The highest BCUT2D eigenvalue weighted by Gasteiger charge is 2.11. The van der Waals surface area contributed by atoms with Crippen LogP contribution >= 0.6 is 11.8 Å². The number of carbonyl (C=O) groups is 1. The summed E-state index contributed by atoms with van der Waals surface area (Å²) in [6.45, 7) is 2.49. The summed E-state index contributed by atoms with van der Waals surface area (Å²) in [5.74, 6) is -0.613. The first kappa shape index (κ1) is 15.3. The summed E-state index contributed by atoms with van der Waals surface area (Å²) in [7, 11) is 0. The minimum absolute atomic E-state index is 0.0878. The molecule has 0 aliphatic rings. The van der Waals surface area contributed by atoms with E-state index >= 15 is 0 Å². The molecule has 1 heterocycles. The molecule has 1 amide bonds. The van der Waals surface area contributed by atoms with Gasteiger partial charge in [-0.3, -0.25) is 9.36 Å². The van der Waals surface area contributed by atoms with Crippen molar-refractivity contribution in [3.8, 4) is 0 Å². The topological polar surface area (TPSA) is 79.8 Å². The number of nitrogens with zero attached hydrogens (tertiary/aromatic N) is 2. The maximum absolute atomic E-state index is 13.0. The number of hydrogen-bond acceptors (Lipinski definition) is 4. The maximum Gasteiger partial charge on any atom is 0.343 e. The van der Waals surface area contributed by atoms with E-state index in [1.807, 2.05) is 6.92 Å². The number of thioether (sulfide) groups is 1. The lowest BCUT2D eigenvalue weighted by molar-refractivity contribution is -0.113. The molecule has 0 aliphatic carbocycles. The molecule has 0 unspecified atom stereocenters. The second-order valence-corrected chi connectivity index (χ2v) is 5.25. The maximum atomic E-state index is 13.0. The minimum atomic E-state index is -0.412. The van der Waals surface area contributed by atoms with E-state index in [9.17, 15) is 14.0 Å². The molecule has 0 fully saturated rings. The van der Waals surface area contributed by atoms with Crippen molar-refractivity contribution in [2.24, 2.45) is 0 Å². The van der Waals surface area contributed by atoms with Gasteiger partial charge in [-0.05, 0) is 24.6 Å². The number of amides is 1. The molecule has 1 aromatic heterocycles. The van der Waals surface area contributed by atoms with Crippen LogP contribution in [0.2, 0.25) is 0 Å². The fourth-order valence-corrected chi connectivity index (χ4v) is 2.50. The van der Waals surface area contributed by atoms with Crippen molar-refractivity contribution < 1.29 is 9.18 Å². The summed E-state index contributed by atoms with van der Waals surface area (Å²) in [5.41, 5.74) is 0.110. The second kappa shape index (κ2) is 7.07. The van der Waals surface area contributed by atoms with Crippen LogP contribution in [0.15, 0.2) is 34.2 Å². The lowest BCUT2D eigenvalue weighted by Gasteiger charge is -2.05. The van der Waals surface area contributed by atoms with Crippen LogP contribution in [0.4, 0.5) is 10.1 Å². The fraction of sp³-hybridized carbons (Fsp3) is 0.308. The van der Waals surface area contributed by atoms with Gasteiger partial charge in [-0.2, -0.15) is 0 Å². The summed E-state index contributed by atoms with van der Waals surface area (Å²) >= 11 is 1.15. The molecular formula is C13H15FN4O2S. The van der Waals surface area contributed by atoms with Crippen LogP contribution in [0, 0.1) is 5.82 Å². The molecule has 0 radical (unpaired) electrons. The van der Waals surface area contributed by atoms with Crippen LogP contribution in [0.1, 0.15) is 13.3 Å². The molecule has 0 bridgehead atoms. The van der Waals surface area contributed by atoms with Gasteiger partial charge in [-0.25, -0.2) is 14.3 Å². The van der Waals surface area contributed by atoms with Crippen molar-refractivity contribution in [1.29, 1.82) is 0 Å². The van der Waals surface area contributed by atoms with E-state index in [0.29, 0.717) is 17.4 Å². The van der Waals surface area contributed by atoms with Gasteiger partial charge in [0.2, 0.25) is 5.91 Å². The first-order valence-electron chi connectivity index (χ1n) is 6.43. The normalized spacial score (nSPS) is 10.6. The van der Waals surface area contributed by atoms with E-state index in [1.54, 1.807) is 6.07 Å². The van der Waals surface area contributed by atoms with Gasteiger partial charge in [0, 0.05) is 12.2 Å². The van der Waals surface area contributed by atoms with Crippen molar-refractivity contribution in [2.45, 2.75) is 25.0 Å². The number of benzene rings is 1. The molecule has 0 saturated carbocycles. The molecule has 8 heteroatoms. The second-order valence-electron chi connectivity index (χ2n) is 4.31. The van der Waals surface area contributed by atoms with Gasteiger partial charge in [0.15, 0.2) is 5.16 Å². The van der Waals surface area contributed by atoms with E-state index in [4.69, 9.17) is 0 Å². The van der Waals surface area contributed by atoms with E-state index in [-0.39, 0.29) is 17.3 Å². The number of aromatic amines is 1. The highest BCUT2D eigenvalue weighted by atomic mass is 32.2. The Morgan fingerprint density at radius 3 is 3.05 bits per heavy atom. The van der Waals surface area contributed by atoms with E-state index in [1.165, 1.54) is 22.8 Å². The molecule has 2 rings (SSSR count). The summed E-state index contributed by atoms with van der Waals surface area (Å²) < 4.78 is 14.5. The first-order chi connectivity index (χ1) is 10.1. The Hall–Kier alpha value is -2.09. The van der Waals surface area contributed by atoms with Gasteiger partial charge in [0.1, 0.15) is 5.82 Å². The number of rotatable bonds is 6. The Balaban J connectivity index is 1.94. The van der Waals surface area contributed by atoms with Gasteiger partial charge >= 0.3 is 5.69 Å². The zero-order valence-electron chi connectivity index (χ0n) is 11.4. The van der Waals surface area contributed by atoms with Gasteiger partial charge in [0.25, 0.3) is 0 Å². The van der Waals surface area contributed by atoms with Crippen LogP contribution in [0.3, 0.4) is 0 Å². The molecule has 0 atom stereocenters. The molecule has 6 nitrogen and oxygen atoms in total. The number of aromatic nitrogens is 3. The first-order valence-corrected chi connectivity index (χ1v) is 7.42. The van der Waals surface area contributed by atoms with Gasteiger partial charge < -0.3 is 5.32 Å². The molecule has 2 N–H and O–H groups in total. The van der Waals surface area contributed by atoms with Crippen LogP contribution in [0.25, 0.3) is 0 Å². The number of carbonyl (C=O) groups excluding carboxylic acids is 1. The highest BCUT2D eigenvalue weighted by Crippen LogP contribution is 2.15. The summed E-state index contributed by atoms with van der Waals surface area (Å²) in [4.78, 5) is 23.3. The van der Waals surface area contributed by atoms with Crippen molar-refractivity contribution >= 4 is 23.4 Å². The molecule has 112 valence electrons. The smallest absolute Gasteiger partial charge is 0.325 e. The van der Waals surface area contributed by atoms with E-state index < -0.39 is 5.82 Å². The largest absolute Gasteiger partial charge is 0.343 e. The van der Waals surface area contributed by atoms with Crippen molar-refractivity contribution in [3.05, 3.63) is 40.6 Å². The highest BCUT2D eigenvalue weighted by molar-refractivity contribution is 7.99. The van der Waals surface area contributed by atoms with E-state index in [2.05, 4.69) is 15.5 Å². The Morgan fingerprint density at radius 1 is 1.52 bits per heavy atom. The van der Waals surface area contributed by atoms with Crippen LogP contribution in [-0.2, 0) is 11.3 Å². The van der Waals surface area contributed by atoms with Crippen molar-refractivity contribution in [1.82, 2.24) is 14.8 Å². The van der Waals surface area contributed by atoms with Crippen molar-refractivity contribution in [2.75, 3.05) is 11.1 Å². The Bertz CT molecular complexity index is 683. The molecular weight excluding hydrogens is 295 g/mol. The van der Waals surface area contributed by atoms with Gasteiger partial charge in [-0.15, -0.1) is 5.10 Å². The van der Waals surface area contributed by atoms with Gasteiger partial charge in [0.05, 0.1) is 5.75 Å². The molecule has 0 aliphatic heterocycles. The number of anilines is 1. The van der Waals surface area contributed by atoms with E-state index in [0.717, 1.165) is 18.2 Å². The Kier molecular flexibility index (Phi) is 5.15. The standard InChI is InChI=1S/C13H15FN4O2S/c1-2-6-18-12(20)16-17-13(18)21-8-11(19)15-10-5-3-4-9(14)7-10/h3-5,7H,2,6,8H2,1H3,(H,15,19)(H,16,20). The minimum Gasteiger partial charge on any atom is -0.325 e. The van der Waals surface area contributed by atoms with Crippen molar-refractivity contribution in [3.63, 3.8) is 0 Å². The monoisotopic (exact) mass is 310 g/mol. The molecule has 2 aromatic rings. The third kappa shape index (κ3) is 4.19. The van der Waals surface area contributed by atoms with Gasteiger partial charge in [-0.1, -0.05) is 24.8 Å². The predicted octanol–water partition coefficient (Wildman–Crippen LogP) is 1.85. The number of halogens is 1. The van der Waals surface area contributed by atoms with Crippen LogP contribution < -0.4 is 11.0 Å². The lowest BCUT2D eigenvalue weighted by Crippen LogP contribution is -2.18. The van der Waals surface area contributed by atoms with Crippen LogP contribution in [-0.4, -0.2) is 26.4 Å². The number of H-pyrrole nitrogens is 1. The molecule has 21 heavy (non-hydrogen) atoms. The summed E-state index contributed by atoms with van der Waals surface area (Å²) in [6, 6.07) is 5.67. The lowest BCUT2D eigenvalue weighted by atomic mass is 10.3. The average Bonchev–Trinajstić information content (AvgIpc) is 2.78. The van der Waals surface area contributed by atoms with Crippen LogP contribution in [0.5, 0.6) is 0 Å². The predicted molar refractivity (Wildman–Crippen MR) is 78.9 cm³/mol. The quantitative estimate of drug-likeness (QED) is 0.798. The Labute approximate surface area is 124 Å². The fourth-order valence-electron chi connectivity index (χ4n) is 1.73. The molecule has 0 saturated heterocycles. The average molecular weight is 310 g/mol. The third-order valence-corrected chi connectivity index (χ3v) is 3.59.